The first-order chi connectivity index (χ1) is 10.4. The summed E-state index contributed by atoms with van der Waals surface area (Å²) in [6, 6.07) is 3.87. The molecule has 0 atom stereocenters. The van der Waals surface area contributed by atoms with Crippen LogP contribution in [-0.4, -0.2) is 23.8 Å². The quantitative estimate of drug-likeness (QED) is 0.871. The second kappa shape index (κ2) is 6.22. The molecule has 0 unspecified atom stereocenters. The van der Waals surface area contributed by atoms with Gasteiger partial charge in [-0.05, 0) is 25.0 Å². The van der Waals surface area contributed by atoms with Gasteiger partial charge in [-0.2, -0.15) is 0 Å². The second-order valence-corrected chi connectivity index (χ2v) is 5.58. The van der Waals surface area contributed by atoms with Crippen LogP contribution >= 0.6 is 0 Å². The topological polar surface area (TPSA) is 53.4 Å². The molecule has 1 heterocycles. The number of ether oxygens (including phenoxy) is 2. The zero-order valence-corrected chi connectivity index (χ0v) is 13.9. The van der Waals surface area contributed by atoms with E-state index in [1.807, 2.05) is 12.1 Å². The molecule has 0 aliphatic heterocycles. The molecule has 0 aliphatic rings. The minimum absolute atomic E-state index is 0.0959. The van der Waals surface area contributed by atoms with Gasteiger partial charge < -0.3 is 14.0 Å². The van der Waals surface area contributed by atoms with Crippen LogP contribution in [0.1, 0.15) is 31.0 Å². The number of benzene rings is 1. The minimum Gasteiger partial charge on any atom is -0.496 e. The molecule has 5 nitrogen and oxygen atoms in total. The van der Waals surface area contributed by atoms with Gasteiger partial charge in [-0.3, -0.25) is 4.79 Å². The van der Waals surface area contributed by atoms with E-state index in [4.69, 9.17) is 9.47 Å². The average molecular weight is 302 g/mol. The van der Waals surface area contributed by atoms with Gasteiger partial charge in [-0.1, -0.05) is 13.8 Å². The van der Waals surface area contributed by atoms with E-state index in [0.717, 1.165) is 22.6 Å². The summed E-state index contributed by atoms with van der Waals surface area (Å²) < 4.78 is 12.6. The summed E-state index contributed by atoms with van der Waals surface area (Å²) in [5, 5.41) is 0. The molecule has 5 heteroatoms. The highest BCUT2D eigenvalue weighted by molar-refractivity contribution is 5.66. The molecule has 118 valence electrons. The van der Waals surface area contributed by atoms with Gasteiger partial charge in [0.1, 0.15) is 17.2 Å². The highest BCUT2D eigenvalue weighted by Crippen LogP contribution is 2.38. The number of methoxy groups -OCH3 is 2. The third kappa shape index (κ3) is 2.84. The minimum atomic E-state index is -0.0959. The first kappa shape index (κ1) is 16.1. The molecule has 0 fully saturated rings. The Labute approximate surface area is 130 Å². The van der Waals surface area contributed by atoms with E-state index in [0.29, 0.717) is 11.4 Å². The molecular weight excluding hydrogens is 280 g/mol. The van der Waals surface area contributed by atoms with Crippen LogP contribution in [0.25, 0.3) is 11.3 Å². The van der Waals surface area contributed by atoms with Gasteiger partial charge in [0.05, 0.1) is 19.9 Å². The lowest BCUT2D eigenvalue weighted by Crippen LogP contribution is -2.20. The lowest BCUT2D eigenvalue weighted by atomic mass is 9.98. The summed E-state index contributed by atoms with van der Waals surface area (Å²) >= 11 is 0. The third-order valence-electron chi connectivity index (χ3n) is 3.65. The highest BCUT2D eigenvalue weighted by atomic mass is 16.5. The van der Waals surface area contributed by atoms with Crippen LogP contribution in [0.5, 0.6) is 11.5 Å². The van der Waals surface area contributed by atoms with Gasteiger partial charge in [0, 0.05) is 24.4 Å². The molecule has 0 saturated heterocycles. The molecule has 2 rings (SSSR count). The number of hydrogen-bond acceptors (Lipinski definition) is 4. The molecule has 1 aromatic heterocycles. The van der Waals surface area contributed by atoms with Crippen LogP contribution in [-0.2, 0) is 7.05 Å². The standard InChI is InChI=1S/C17H22N2O3/c1-10(2)16-14(21-5)7-12(8-15(16)22-6)13-9-19(4)17(20)11(3)18-13/h7-10H,1-6H3. The number of hydrogen-bond donors (Lipinski definition) is 0. The summed E-state index contributed by atoms with van der Waals surface area (Å²) in [6.07, 6.45) is 1.72. The maximum atomic E-state index is 11.8. The Bertz CT molecular complexity index is 697. The summed E-state index contributed by atoms with van der Waals surface area (Å²) in [4.78, 5) is 16.2. The van der Waals surface area contributed by atoms with E-state index in [1.165, 1.54) is 4.57 Å². The number of rotatable bonds is 4. The molecule has 22 heavy (non-hydrogen) atoms. The number of aromatic nitrogens is 2. The average Bonchev–Trinajstić information content (AvgIpc) is 2.50. The Morgan fingerprint density at radius 2 is 1.68 bits per heavy atom. The molecule has 0 aliphatic carbocycles. The van der Waals surface area contributed by atoms with Crippen molar-refractivity contribution in [2.45, 2.75) is 26.7 Å². The first-order valence-corrected chi connectivity index (χ1v) is 7.19. The highest BCUT2D eigenvalue weighted by Gasteiger charge is 2.17. The van der Waals surface area contributed by atoms with Crippen LogP contribution < -0.4 is 15.0 Å². The van der Waals surface area contributed by atoms with E-state index in [1.54, 1.807) is 34.4 Å². The molecule has 0 bridgehead atoms. The van der Waals surface area contributed by atoms with Crippen molar-refractivity contribution in [3.8, 4) is 22.8 Å². The van der Waals surface area contributed by atoms with Crippen LogP contribution in [0.2, 0.25) is 0 Å². The maximum Gasteiger partial charge on any atom is 0.271 e. The maximum absolute atomic E-state index is 11.8. The van der Waals surface area contributed by atoms with Gasteiger partial charge >= 0.3 is 0 Å². The SMILES string of the molecule is COc1cc(-c2cn(C)c(=O)c(C)n2)cc(OC)c1C(C)C. The van der Waals surface area contributed by atoms with Crippen molar-refractivity contribution in [2.75, 3.05) is 14.2 Å². The van der Waals surface area contributed by atoms with E-state index in [-0.39, 0.29) is 11.5 Å². The summed E-state index contributed by atoms with van der Waals surface area (Å²) in [5.41, 5.74) is 2.96. The Morgan fingerprint density at radius 1 is 1.14 bits per heavy atom. The predicted octanol–water partition coefficient (Wildman–Crippen LogP) is 2.90. The van der Waals surface area contributed by atoms with Crippen molar-refractivity contribution in [2.24, 2.45) is 7.05 Å². The van der Waals surface area contributed by atoms with Crippen molar-refractivity contribution < 1.29 is 9.47 Å². The Morgan fingerprint density at radius 3 is 2.09 bits per heavy atom. The van der Waals surface area contributed by atoms with Crippen LogP contribution in [0.4, 0.5) is 0 Å². The van der Waals surface area contributed by atoms with Gasteiger partial charge in [0.25, 0.3) is 5.56 Å². The fraction of sp³-hybridized carbons (Fsp3) is 0.412. The molecule has 0 radical (unpaired) electrons. The fourth-order valence-electron chi connectivity index (χ4n) is 2.55. The smallest absolute Gasteiger partial charge is 0.271 e. The monoisotopic (exact) mass is 302 g/mol. The third-order valence-corrected chi connectivity index (χ3v) is 3.65. The molecule has 0 saturated carbocycles. The lowest BCUT2D eigenvalue weighted by Gasteiger charge is -2.18. The van der Waals surface area contributed by atoms with Gasteiger partial charge in [-0.25, -0.2) is 4.98 Å². The van der Waals surface area contributed by atoms with Gasteiger partial charge in [0.2, 0.25) is 0 Å². The summed E-state index contributed by atoms with van der Waals surface area (Å²) in [7, 11) is 5.01. The fourth-order valence-corrected chi connectivity index (χ4v) is 2.55. The normalized spacial score (nSPS) is 10.9. The zero-order valence-electron chi connectivity index (χ0n) is 13.9. The van der Waals surface area contributed by atoms with Crippen LogP contribution in [0, 0.1) is 6.92 Å². The Balaban J connectivity index is 2.69. The largest absolute Gasteiger partial charge is 0.496 e. The molecule has 0 amide bonds. The van der Waals surface area contributed by atoms with Gasteiger partial charge in [-0.15, -0.1) is 0 Å². The summed E-state index contributed by atoms with van der Waals surface area (Å²) in [5.74, 6) is 1.80. The second-order valence-electron chi connectivity index (χ2n) is 5.58. The molecule has 2 aromatic rings. The Hall–Kier alpha value is -2.30. The van der Waals surface area contributed by atoms with Crippen molar-refractivity contribution >= 4 is 0 Å². The van der Waals surface area contributed by atoms with Gasteiger partial charge in [0.15, 0.2) is 0 Å². The van der Waals surface area contributed by atoms with E-state index in [2.05, 4.69) is 18.8 Å². The number of aryl methyl sites for hydroxylation is 2. The molecule has 0 N–H and O–H groups in total. The van der Waals surface area contributed by atoms with E-state index < -0.39 is 0 Å². The molecule has 0 spiro atoms. The van der Waals surface area contributed by atoms with E-state index in [9.17, 15) is 4.79 Å². The van der Waals surface area contributed by atoms with Crippen molar-refractivity contribution in [1.82, 2.24) is 9.55 Å². The number of nitrogens with zero attached hydrogens (tertiary/aromatic N) is 2. The van der Waals surface area contributed by atoms with E-state index >= 15 is 0 Å². The van der Waals surface area contributed by atoms with Crippen molar-refractivity contribution in [1.29, 1.82) is 0 Å². The first-order valence-electron chi connectivity index (χ1n) is 7.19. The summed E-state index contributed by atoms with van der Waals surface area (Å²) in [6.45, 7) is 5.89. The van der Waals surface area contributed by atoms with Crippen LogP contribution in [0.15, 0.2) is 23.1 Å². The predicted molar refractivity (Wildman–Crippen MR) is 86.8 cm³/mol. The lowest BCUT2D eigenvalue weighted by molar-refractivity contribution is 0.382. The van der Waals surface area contributed by atoms with Crippen LogP contribution in [0.3, 0.4) is 0 Å². The Kier molecular flexibility index (Phi) is 4.54. The molecule has 1 aromatic carbocycles. The van der Waals surface area contributed by atoms with Crippen molar-refractivity contribution in [3.05, 3.63) is 39.9 Å². The van der Waals surface area contributed by atoms with Crippen molar-refractivity contribution in [3.63, 3.8) is 0 Å². The molecular formula is C17H22N2O3. The zero-order chi connectivity index (χ0) is 16.4.